The topological polar surface area (TPSA) is 45.4 Å². The van der Waals surface area contributed by atoms with Gasteiger partial charge in [0.1, 0.15) is 0 Å². The van der Waals surface area contributed by atoms with Gasteiger partial charge in [-0.15, -0.1) is 0 Å². The summed E-state index contributed by atoms with van der Waals surface area (Å²) >= 11 is 0. The Morgan fingerprint density at radius 1 is 1.20 bits per heavy atom. The van der Waals surface area contributed by atoms with Crippen molar-refractivity contribution in [2.45, 2.75) is 18.9 Å². The maximum atomic E-state index is 6.35. The molecule has 1 saturated heterocycles. The van der Waals surface area contributed by atoms with Crippen molar-refractivity contribution in [1.82, 2.24) is 9.88 Å². The normalized spacial score (nSPS) is 17.1. The van der Waals surface area contributed by atoms with Gasteiger partial charge in [0.25, 0.3) is 0 Å². The summed E-state index contributed by atoms with van der Waals surface area (Å²) in [5, 5.41) is 1.06. The molecule has 0 spiro atoms. The second kappa shape index (κ2) is 5.29. The zero-order chi connectivity index (χ0) is 14.1. The van der Waals surface area contributed by atoms with Gasteiger partial charge in [0, 0.05) is 30.7 Å². The molecule has 2 heterocycles. The lowest BCUT2D eigenvalue weighted by atomic mass is 10.0. The average molecular weight is 270 g/mol. The summed E-state index contributed by atoms with van der Waals surface area (Å²) in [5.74, 6) is 0. The van der Waals surface area contributed by atoms with E-state index in [1.54, 1.807) is 0 Å². The van der Waals surface area contributed by atoms with Gasteiger partial charge in [-0.2, -0.15) is 0 Å². The van der Waals surface area contributed by atoms with Gasteiger partial charge >= 0.3 is 0 Å². The van der Waals surface area contributed by atoms with E-state index >= 15 is 0 Å². The predicted octanol–water partition coefficient (Wildman–Crippen LogP) is 2.35. The second-order valence-electron chi connectivity index (χ2n) is 5.75. The van der Waals surface area contributed by atoms with Gasteiger partial charge in [-0.1, -0.05) is 0 Å². The molecule has 4 heteroatoms. The van der Waals surface area contributed by atoms with Crippen molar-refractivity contribution in [3.8, 4) is 0 Å². The molecule has 0 atom stereocenters. The standard InChI is InChI=1S/C16H22N4/c1-19(2)12-7-10-20(11-8-12)15-6-5-14-13(16(15)17)4-3-9-18-14/h3-6,9,12H,7-8,10-11,17H2,1-2H3. The number of hydrogen-bond donors (Lipinski definition) is 1. The highest BCUT2D eigenvalue weighted by atomic mass is 15.2. The van der Waals surface area contributed by atoms with Crippen molar-refractivity contribution in [2.75, 3.05) is 37.8 Å². The molecule has 0 saturated carbocycles. The van der Waals surface area contributed by atoms with E-state index < -0.39 is 0 Å². The highest BCUT2D eigenvalue weighted by molar-refractivity contribution is 5.97. The summed E-state index contributed by atoms with van der Waals surface area (Å²) < 4.78 is 0. The van der Waals surface area contributed by atoms with E-state index in [2.05, 4.69) is 41.0 Å². The van der Waals surface area contributed by atoms with Gasteiger partial charge < -0.3 is 15.5 Å². The maximum Gasteiger partial charge on any atom is 0.0724 e. The molecule has 1 fully saturated rings. The third-order valence-electron chi connectivity index (χ3n) is 4.34. The fraction of sp³-hybridized carbons (Fsp3) is 0.438. The zero-order valence-corrected chi connectivity index (χ0v) is 12.2. The van der Waals surface area contributed by atoms with Crippen LogP contribution in [0.1, 0.15) is 12.8 Å². The Kier molecular flexibility index (Phi) is 3.49. The quantitative estimate of drug-likeness (QED) is 0.851. The van der Waals surface area contributed by atoms with Crippen LogP contribution in [0.2, 0.25) is 0 Å². The largest absolute Gasteiger partial charge is 0.396 e. The predicted molar refractivity (Wildman–Crippen MR) is 85.1 cm³/mol. The number of nitrogen functional groups attached to an aromatic ring is 1. The molecule has 0 unspecified atom stereocenters. The number of nitrogens with two attached hydrogens (primary N) is 1. The van der Waals surface area contributed by atoms with E-state index in [1.807, 2.05) is 18.3 Å². The molecule has 106 valence electrons. The number of anilines is 2. The number of aromatic nitrogens is 1. The van der Waals surface area contributed by atoms with Gasteiger partial charge in [-0.25, -0.2) is 0 Å². The van der Waals surface area contributed by atoms with Crippen molar-refractivity contribution in [3.63, 3.8) is 0 Å². The van der Waals surface area contributed by atoms with E-state index in [0.29, 0.717) is 6.04 Å². The van der Waals surface area contributed by atoms with Crippen LogP contribution in [0.25, 0.3) is 10.9 Å². The van der Waals surface area contributed by atoms with Crippen LogP contribution in [0.4, 0.5) is 11.4 Å². The first-order valence-corrected chi connectivity index (χ1v) is 7.21. The second-order valence-corrected chi connectivity index (χ2v) is 5.75. The smallest absolute Gasteiger partial charge is 0.0724 e. The minimum atomic E-state index is 0.689. The summed E-state index contributed by atoms with van der Waals surface area (Å²) in [5.41, 5.74) is 9.34. The highest BCUT2D eigenvalue weighted by Gasteiger charge is 2.22. The molecule has 2 aromatic rings. The van der Waals surface area contributed by atoms with Crippen molar-refractivity contribution in [2.24, 2.45) is 0 Å². The molecule has 1 aliphatic rings. The number of benzene rings is 1. The van der Waals surface area contributed by atoms with Crippen LogP contribution >= 0.6 is 0 Å². The summed E-state index contributed by atoms with van der Waals surface area (Å²) in [4.78, 5) is 9.09. The van der Waals surface area contributed by atoms with Crippen molar-refractivity contribution < 1.29 is 0 Å². The van der Waals surface area contributed by atoms with Crippen LogP contribution in [0, 0.1) is 0 Å². The number of hydrogen-bond acceptors (Lipinski definition) is 4. The average Bonchev–Trinajstić information content (AvgIpc) is 2.48. The lowest BCUT2D eigenvalue weighted by Gasteiger charge is -2.37. The minimum absolute atomic E-state index is 0.689. The van der Waals surface area contributed by atoms with Gasteiger partial charge in [-0.05, 0) is 51.2 Å². The van der Waals surface area contributed by atoms with Crippen LogP contribution < -0.4 is 10.6 Å². The molecule has 2 N–H and O–H groups in total. The van der Waals surface area contributed by atoms with E-state index in [4.69, 9.17) is 5.73 Å². The van der Waals surface area contributed by atoms with Crippen molar-refractivity contribution in [3.05, 3.63) is 30.5 Å². The SMILES string of the molecule is CN(C)C1CCN(c2ccc3ncccc3c2N)CC1. The minimum Gasteiger partial charge on any atom is -0.396 e. The molecule has 3 rings (SSSR count). The Labute approximate surface area is 120 Å². The van der Waals surface area contributed by atoms with Crippen LogP contribution in [-0.4, -0.2) is 43.1 Å². The molecular formula is C16H22N4. The lowest BCUT2D eigenvalue weighted by molar-refractivity contribution is 0.250. The Hall–Kier alpha value is -1.81. The van der Waals surface area contributed by atoms with Gasteiger partial charge in [0.05, 0.1) is 16.9 Å². The van der Waals surface area contributed by atoms with Crippen LogP contribution in [0.3, 0.4) is 0 Å². The van der Waals surface area contributed by atoms with E-state index in [1.165, 1.54) is 12.8 Å². The Morgan fingerprint density at radius 2 is 1.95 bits per heavy atom. The van der Waals surface area contributed by atoms with E-state index in [-0.39, 0.29) is 0 Å². The Morgan fingerprint density at radius 3 is 2.65 bits per heavy atom. The third-order valence-corrected chi connectivity index (χ3v) is 4.34. The first kappa shape index (κ1) is 13.2. The molecule has 20 heavy (non-hydrogen) atoms. The van der Waals surface area contributed by atoms with Gasteiger partial charge in [0.2, 0.25) is 0 Å². The first-order chi connectivity index (χ1) is 9.66. The Bertz CT molecular complexity index is 600. The zero-order valence-electron chi connectivity index (χ0n) is 12.2. The maximum absolute atomic E-state index is 6.35. The fourth-order valence-electron chi connectivity index (χ4n) is 3.06. The van der Waals surface area contributed by atoms with Gasteiger partial charge in [-0.3, -0.25) is 4.98 Å². The molecule has 1 aliphatic heterocycles. The number of piperidine rings is 1. The summed E-state index contributed by atoms with van der Waals surface area (Å²) in [6.07, 6.45) is 4.19. The van der Waals surface area contributed by atoms with Crippen molar-refractivity contribution in [1.29, 1.82) is 0 Å². The molecule has 0 amide bonds. The molecule has 0 aliphatic carbocycles. The molecule has 4 nitrogen and oxygen atoms in total. The highest BCUT2D eigenvalue weighted by Crippen LogP contribution is 2.32. The number of fused-ring (bicyclic) bond motifs is 1. The molecule has 0 bridgehead atoms. The lowest BCUT2D eigenvalue weighted by Crippen LogP contribution is -2.42. The number of nitrogens with zero attached hydrogens (tertiary/aromatic N) is 3. The number of rotatable bonds is 2. The first-order valence-electron chi connectivity index (χ1n) is 7.21. The van der Waals surface area contributed by atoms with Crippen LogP contribution in [-0.2, 0) is 0 Å². The third kappa shape index (κ3) is 2.31. The Balaban J connectivity index is 1.86. The summed E-state index contributed by atoms with van der Waals surface area (Å²) in [6, 6.07) is 8.86. The summed E-state index contributed by atoms with van der Waals surface area (Å²) in [7, 11) is 4.33. The van der Waals surface area contributed by atoms with E-state index in [9.17, 15) is 0 Å². The summed E-state index contributed by atoms with van der Waals surface area (Å²) in [6.45, 7) is 2.14. The molecule has 0 radical (unpaired) electrons. The van der Waals surface area contributed by atoms with E-state index in [0.717, 1.165) is 35.4 Å². The number of pyridine rings is 1. The fourth-order valence-corrected chi connectivity index (χ4v) is 3.06. The van der Waals surface area contributed by atoms with Gasteiger partial charge in [0.15, 0.2) is 0 Å². The van der Waals surface area contributed by atoms with Crippen LogP contribution in [0.5, 0.6) is 0 Å². The molecule has 1 aromatic carbocycles. The molecular weight excluding hydrogens is 248 g/mol. The van der Waals surface area contributed by atoms with Crippen molar-refractivity contribution >= 4 is 22.3 Å². The monoisotopic (exact) mass is 270 g/mol. The molecule has 1 aromatic heterocycles. The van der Waals surface area contributed by atoms with Crippen LogP contribution in [0.15, 0.2) is 30.5 Å².